The topological polar surface area (TPSA) is 74.6 Å². The summed E-state index contributed by atoms with van der Waals surface area (Å²) in [5, 5.41) is 19.9. The average Bonchev–Trinajstić information content (AvgIpc) is 2.90. The number of aliphatic carboxylic acids is 2. The quantitative estimate of drug-likeness (QED) is 0.852. The monoisotopic (exact) mass is 304 g/mol. The number of rotatable bonds is 6. The minimum atomic E-state index is -0.985. The Kier molecular flexibility index (Phi) is 4.75. The molecular weight excluding hydrogens is 288 g/mol. The van der Waals surface area contributed by atoms with E-state index in [9.17, 15) is 9.59 Å². The highest BCUT2D eigenvalue weighted by Gasteiger charge is 2.19. The van der Waals surface area contributed by atoms with Crippen LogP contribution in [0.2, 0.25) is 0 Å². The molecule has 2 rings (SSSR count). The Bertz CT molecular complexity index is 630. The lowest BCUT2D eigenvalue weighted by atomic mass is 9.90. The molecule has 0 unspecified atom stereocenters. The van der Waals surface area contributed by atoms with Gasteiger partial charge in [-0.25, -0.2) is 0 Å². The summed E-state index contributed by atoms with van der Waals surface area (Å²) in [6.45, 7) is 1.96. The number of thiophene rings is 1. The van der Waals surface area contributed by atoms with Gasteiger partial charge in [0.15, 0.2) is 0 Å². The van der Waals surface area contributed by atoms with E-state index >= 15 is 0 Å². The van der Waals surface area contributed by atoms with Gasteiger partial charge in [-0.2, -0.15) is 0 Å². The van der Waals surface area contributed by atoms with Crippen LogP contribution in [-0.2, 0) is 9.59 Å². The number of aryl methyl sites for hydroxylation is 1. The summed E-state index contributed by atoms with van der Waals surface area (Å²) >= 11 is 1.64. The fraction of sp³-hybridized carbons (Fsp3) is 0.250. The molecule has 0 saturated heterocycles. The summed E-state index contributed by atoms with van der Waals surface area (Å²) in [6, 6.07) is 9.67. The molecule has 0 aliphatic carbocycles. The lowest BCUT2D eigenvalue weighted by molar-refractivity contribution is -0.139. The van der Waals surface area contributed by atoms with Gasteiger partial charge in [-0.3, -0.25) is 9.59 Å². The molecule has 0 aliphatic rings. The Morgan fingerprint density at radius 1 is 1.14 bits per heavy atom. The molecule has 5 heteroatoms. The Balaban J connectivity index is 2.31. The van der Waals surface area contributed by atoms with Crippen LogP contribution in [0.15, 0.2) is 35.7 Å². The molecule has 0 radical (unpaired) electrons. The maximum atomic E-state index is 10.9. The molecule has 0 atom stereocenters. The van der Waals surface area contributed by atoms with E-state index in [1.807, 2.05) is 42.6 Å². The van der Waals surface area contributed by atoms with E-state index in [1.54, 1.807) is 11.3 Å². The number of carboxylic acid groups (broad SMARTS) is 2. The zero-order valence-electron chi connectivity index (χ0n) is 11.6. The minimum absolute atomic E-state index is 0.176. The van der Waals surface area contributed by atoms with Gasteiger partial charge in [-0.05, 0) is 35.1 Å². The van der Waals surface area contributed by atoms with Gasteiger partial charge in [0, 0.05) is 10.8 Å². The van der Waals surface area contributed by atoms with E-state index in [-0.39, 0.29) is 12.8 Å². The predicted octanol–water partition coefficient (Wildman–Crippen LogP) is 3.76. The van der Waals surface area contributed by atoms with Crippen molar-refractivity contribution in [2.45, 2.75) is 25.7 Å². The molecule has 0 spiro atoms. The number of hydrogen-bond donors (Lipinski definition) is 2. The van der Waals surface area contributed by atoms with E-state index < -0.39 is 17.9 Å². The first-order chi connectivity index (χ1) is 9.97. The average molecular weight is 304 g/mol. The fourth-order valence-corrected chi connectivity index (χ4v) is 3.20. The first-order valence-electron chi connectivity index (χ1n) is 6.55. The zero-order chi connectivity index (χ0) is 15.4. The smallest absolute Gasteiger partial charge is 0.303 e. The van der Waals surface area contributed by atoms with E-state index in [0.29, 0.717) is 0 Å². The second-order valence-corrected chi connectivity index (χ2v) is 5.89. The van der Waals surface area contributed by atoms with Gasteiger partial charge in [0.05, 0.1) is 12.8 Å². The van der Waals surface area contributed by atoms with Crippen LogP contribution in [0.1, 0.15) is 29.9 Å². The zero-order valence-corrected chi connectivity index (χ0v) is 12.4. The van der Waals surface area contributed by atoms with E-state index in [2.05, 4.69) is 0 Å². The third-order valence-corrected chi connectivity index (χ3v) is 4.25. The lowest BCUT2D eigenvalue weighted by Gasteiger charge is -2.15. The van der Waals surface area contributed by atoms with Gasteiger partial charge in [-0.15, -0.1) is 11.3 Å². The SMILES string of the molecule is Cc1cc(C(CC(=O)O)CC(=O)O)ccc1-c1cccs1. The van der Waals surface area contributed by atoms with Gasteiger partial charge in [-0.1, -0.05) is 24.3 Å². The van der Waals surface area contributed by atoms with Crippen LogP contribution < -0.4 is 0 Å². The Labute approximate surface area is 126 Å². The fourth-order valence-electron chi connectivity index (χ4n) is 2.38. The number of carbonyl (C=O) groups is 2. The van der Waals surface area contributed by atoms with Crippen molar-refractivity contribution in [2.75, 3.05) is 0 Å². The van der Waals surface area contributed by atoms with Crippen LogP contribution >= 0.6 is 11.3 Å². The van der Waals surface area contributed by atoms with Crippen LogP contribution in [0.4, 0.5) is 0 Å². The minimum Gasteiger partial charge on any atom is -0.481 e. The summed E-state index contributed by atoms with van der Waals surface area (Å²) < 4.78 is 0. The Morgan fingerprint density at radius 2 is 1.81 bits per heavy atom. The molecule has 0 amide bonds. The van der Waals surface area contributed by atoms with Crippen molar-refractivity contribution >= 4 is 23.3 Å². The van der Waals surface area contributed by atoms with E-state index in [4.69, 9.17) is 10.2 Å². The highest BCUT2D eigenvalue weighted by Crippen LogP contribution is 2.32. The molecule has 21 heavy (non-hydrogen) atoms. The predicted molar refractivity (Wildman–Crippen MR) is 81.7 cm³/mol. The standard InChI is InChI=1S/C16H16O4S/c1-10-7-11(12(8-15(17)18)9-16(19)20)4-5-13(10)14-3-2-6-21-14/h2-7,12H,8-9H2,1H3,(H,17,18)(H,19,20). The van der Waals surface area contributed by atoms with Crippen molar-refractivity contribution in [3.63, 3.8) is 0 Å². The second kappa shape index (κ2) is 6.54. The summed E-state index contributed by atoms with van der Waals surface area (Å²) in [7, 11) is 0. The van der Waals surface area contributed by atoms with Crippen LogP contribution in [0.25, 0.3) is 10.4 Å². The third kappa shape index (κ3) is 3.92. The largest absolute Gasteiger partial charge is 0.481 e. The molecule has 0 saturated carbocycles. The Morgan fingerprint density at radius 3 is 2.29 bits per heavy atom. The maximum absolute atomic E-state index is 10.9. The van der Waals surface area contributed by atoms with E-state index in [0.717, 1.165) is 21.6 Å². The van der Waals surface area contributed by atoms with E-state index in [1.165, 1.54) is 0 Å². The summed E-state index contributed by atoms with van der Waals surface area (Å²) in [4.78, 5) is 23.0. The van der Waals surface area contributed by atoms with Crippen molar-refractivity contribution < 1.29 is 19.8 Å². The van der Waals surface area contributed by atoms with Crippen molar-refractivity contribution in [2.24, 2.45) is 0 Å². The van der Waals surface area contributed by atoms with Crippen LogP contribution in [0, 0.1) is 6.92 Å². The molecule has 1 aromatic heterocycles. The molecule has 2 aromatic rings. The first kappa shape index (κ1) is 15.3. The molecule has 2 N–H and O–H groups in total. The second-order valence-electron chi connectivity index (χ2n) is 4.94. The van der Waals surface area contributed by atoms with Crippen molar-refractivity contribution in [3.05, 3.63) is 46.8 Å². The van der Waals surface area contributed by atoms with Crippen molar-refractivity contribution in [1.29, 1.82) is 0 Å². The van der Waals surface area contributed by atoms with Crippen LogP contribution in [0.5, 0.6) is 0 Å². The van der Waals surface area contributed by atoms with Gasteiger partial charge >= 0.3 is 11.9 Å². The maximum Gasteiger partial charge on any atom is 0.303 e. The summed E-state index contributed by atoms with van der Waals surface area (Å²) in [5.74, 6) is -2.47. The summed E-state index contributed by atoms with van der Waals surface area (Å²) in [6.07, 6.45) is -0.353. The van der Waals surface area contributed by atoms with Gasteiger partial charge in [0.1, 0.15) is 0 Å². The van der Waals surface area contributed by atoms with Crippen LogP contribution in [0.3, 0.4) is 0 Å². The molecule has 1 heterocycles. The highest BCUT2D eigenvalue weighted by atomic mass is 32.1. The molecule has 110 valence electrons. The van der Waals surface area contributed by atoms with Gasteiger partial charge < -0.3 is 10.2 Å². The normalized spacial score (nSPS) is 10.8. The molecule has 1 aromatic carbocycles. The molecule has 0 fully saturated rings. The number of benzene rings is 1. The van der Waals surface area contributed by atoms with Gasteiger partial charge in [0.25, 0.3) is 0 Å². The highest BCUT2D eigenvalue weighted by molar-refractivity contribution is 7.13. The van der Waals surface area contributed by atoms with Crippen molar-refractivity contribution in [1.82, 2.24) is 0 Å². The summed E-state index contributed by atoms with van der Waals surface area (Å²) in [5.41, 5.74) is 2.88. The molecule has 0 aliphatic heterocycles. The van der Waals surface area contributed by atoms with Gasteiger partial charge in [0.2, 0.25) is 0 Å². The molecule has 0 bridgehead atoms. The van der Waals surface area contributed by atoms with Crippen molar-refractivity contribution in [3.8, 4) is 10.4 Å². The number of hydrogen-bond acceptors (Lipinski definition) is 3. The first-order valence-corrected chi connectivity index (χ1v) is 7.43. The molecule has 4 nitrogen and oxygen atoms in total. The number of carboxylic acids is 2. The third-order valence-electron chi connectivity index (χ3n) is 3.35. The lowest BCUT2D eigenvalue weighted by Crippen LogP contribution is -2.11. The molecular formula is C16H16O4S. The van der Waals surface area contributed by atoms with Crippen LogP contribution in [-0.4, -0.2) is 22.2 Å². The Hall–Kier alpha value is -2.14.